The molecule has 2 unspecified atom stereocenters. The van der Waals surface area contributed by atoms with Crippen molar-refractivity contribution in [2.45, 2.75) is 39.2 Å². The monoisotopic (exact) mass is 261 g/mol. The fourth-order valence-corrected chi connectivity index (χ4v) is 2.69. The molecule has 0 aliphatic heterocycles. The molecule has 1 aromatic carbocycles. The first-order valence-electron chi connectivity index (χ1n) is 7.04. The van der Waals surface area contributed by atoms with Crippen molar-refractivity contribution in [1.82, 2.24) is 5.32 Å². The molecule has 104 valence electrons. The number of rotatable bonds is 4. The molecule has 19 heavy (non-hydrogen) atoms. The number of nitrogens with two attached hydrogens (primary N) is 1. The second-order valence-electron chi connectivity index (χ2n) is 5.42. The van der Waals surface area contributed by atoms with Crippen LogP contribution < -0.4 is 16.4 Å². The van der Waals surface area contributed by atoms with E-state index in [2.05, 4.69) is 17.6 Å². The number of benzene rings is 1. The normalized spacial score (nSPS) is 22.2. The Kier molecular flexibility index (Phi) is 4.30. The van der Waals surface area contributed by atoms with Gasteiger partial charge in [-0.05, 0) is 50.3 Å². The van der Waals surface area contributed by atoms with Crippen molar-refractivity contribution in [1.29, 1.82) is 0 Å². The van der Waals surface area contributed by atoms with Gasteiger partial charge in [0.2, 0.25) is 0 Å². The Morgan fingerprint density at radius 2 is 2.21 bits per heavy atom. The Bertz CT molecular complexity index is 459. The topological polar surface area (TPSA) is 67.2 Å². The van der Waals surface area contributed by atoms with Gasteiger partial charge in [-0.1, -0.05) is 6.92 Å². The Morgan fingerprint density at radius 3 is 2.84 bits per heavy atom. The van der Waals surface area contributed by atoms with Crippen LogP contribution in [0.1, 0.15) is 43.5 Å². The van der Waals surface area contributed by atoms with Crippen LogP contribution in [0.2, 0.25) is 0 Å². The number of carbonyl (C=O) groups excluding carboxylic acids is 1. The lowest BCUT2D eigenvalue weighted by Gasteiger charge is -2.17. The molecular formula is C15H23N3O. The first-order valence-corrected chi connectivity index (χ1v) is 7.04. The zero-order valence-corrected chi connectivity index (χ0v) is 11.7. The Balaban J connectivity index is 2.17. The van der Waals surface area contributed by atoms with Crippen molar-refractivity contribution >= 4 is 17.3 Å². The highest BCUT2D eigenvalue weighted by molar-refractivity contribution is 6.00. The van der Waals surface area contributed by atoms with Crippen LogP contribution in [0.5, 0.6) is 0 Å². The second-order valence-corrected chi connectivity index (χ2v) is 5.42. The molecule has 0 aromatic heterocycles. The van der Waals surface area contributed by atoms with Crippen LogP contribution in [-0.4, -0.2) is 18.5 Å². The average molecular weight is 261 g/mol. The molecule has 4 nitrogen and oxygen atoms in total. The Labute approximate surface area is 114 Å². The molecule has 4 N–H and O–H groups in total. The van der Waals surface area contributed by atoms with Crippen molar-refractivity contribution in [2.75, 3.05) is 17.6 Å². The molecule has 1 aliphatic rings. The molecule has 0 bridgehead atoms. The number of anilines is 2. The average Bonchev–Trinajstić information content (AvgIpc) is 2.75. The molecule has 2 atom stereocenters. The molecule has 1 aliphatic carbocycles. The number of carbonyl (C=O) groups is 1. The summed E-state index contributed by atoms with van der Waals surface area (Å²) in [5, 5.41) is 6.31. The van der Waals surface area contributed by atoms with Gasteiger partial charge in [0, 0.05) is 24.0 Å². The summed E-state index contributed by atoms with van der Waals surface area (Å²) in [7, 11) is 0. The van der Waals surface area contributed by atoms with Crippen LogP contribution in [-0.2, 0) is 0 Å². The van der Waals surface area contributed by atoms with E-state index in [4.69, 9.17) is 5.73 Å². The largest absolute Gasteiger partial charge is 0.399 e. The lowest BCUT2D eigenvalue weighted by molar-refractivity contribution is 0.0956. The minimum Gasteiger partial charge on any atom is -0.399 e. The van der Waals surface area contributed by atoms with Gasteiger partial charge >= 0.3 is 0 Å². The smallest absolute Gasteiger partial charge is 0.253 e. The molecular weight excluding hydrogens is 238 g/mol. The summed E-state index contributed by atoms with van der Waals surface area (Å²) in [6.07, 6.45) is 3.56. The molecule has 0 saturated heterocycles. The second kappa shape index (κ2) is 5.95. The number of hydrogen-bond donors (Lipinski definition) is 3. The molecule has 1 fully saturated rings. The minimum absolute atomic E-state index is 0.0453. The maximum absolute atomic E-state index is 12.0. The van der Waals surface area contributed by atoms with E-state index in [1.807, 2.05) is 13.0 Å². The number of nitrogen functional groups attached to an aromatic ring is 1. The summed E-state index contributed by atoms with van der Waals surface area (Å²) in [5.74, 6) is 0.711. The maximum atomic E-state index is 12.0. The van der Waals surface area contributed by atoms with E-state index in [-0.39, 0.29) is 5.91 Å². The molecule has 1 amide bonds. The van der Waals surface area contributed by atoms with Crippen molar-refractivity contribution in [2.24, 2.45) is 5.92 Å². The summed E-state index contributed by atoms with van der Waals surface area (Å²) >= 11 is 0. The quantitative estimate of drug-likeness (QED) is 0.730. The SMILES string of the molecule is CCNC(=O)c1ccc(N)cc1NC1CCC(C)C1. The van der Waals surface area contributed by atoms with Gasteiger partial charge in [-0.25, -0.2) is 0 Å². The third kappa shape index (κ3) is 3.40. The van der Waals surface area contributed by atoms with Gasteiger partial charge in [0.25, 0.3) is 5.91 Å². The predicted molar refractivity (Wildman–Crippen MR) is 79.3 cm³/mol. The van der Waals surface area contributed by atoms with E-state index >= 15 is 0 Å². The third-order valence-electron chi connectivity index (χ3n) is 3.68. The first-order chi connectivity index (χ1) is 9.10. The lowest BCUT2D eigenvalue weighted by atomic mass is 10.1. The Morgan fingerprint density at radius 1 is 1.42 bits per heavy atom. The summed E-state index contributed by atoms with van der Waals surface area (Å²) in [5.41, 5.74) is 8.04. The molecule has 1 saturated carbocycles. The van der Waals surface area contributed by atoms with E-state index in [9.17, 15) is 4.79 Å². The summed E-state index contributed by atoms with van der Waals surface area (Å²) in [6, 6.07) is 5.87. The van der Waals surface area contributed by atoms with E-state index in [0.717, 1.165) is 24.4 Å². The van der Waals surface area contributed by atoms with Crippen LogP contribution in [0.4, 0.5) is 11.4 Å². The number of nitrogens with one attached hydrogen (secondary N) is 2. The highest BCUT2D eigenvalue weighted by atomic mass is 16.1. The minimum atomic E-state index is -0.0453. The summed E-state index contributed by atoms with van der Waals surface area (Å²) < 4.78 is 0. The van der Waals surface area contributed by atoms with Crippen LogP contribution >= 0.6 is 0 Å². The Hall–Kier alpha value is -1.71. The summed E-state index contributed by atoms with van der Waals surface area (Å²) in [6.45, 7) is 4.82. The van der Waals surface area contributed by atoms with E-state index in [1.165, 1.54) is 6.42 Å². The molecule has 2 rings (SSSR count). The van der Waals surface area contributed by atoms with Crippen LogP contribution in [0.15, 0.2) is 18.2 Å². The number of hydrogen-bond acceptors (Lipinski definition) is 3. The highest BCUT2D eigenvalue weighted by Crippen LogP contribution is 2.29. The van der Waals surface area contributed by atoms with Gasteiger partial charge < -0.3 is 16.4 Å². The zero-order valence-electron chi connectivity index (χ0n) is 11.7. The van der Waals surface area contributed by atoms with Gasteiger partial charge in [0.1, 0.15) is 0 Å². The fraction of sp³-hybridized carbons (Fsp3) is 0.533. The van der Waals surface area contributed by atoms with Gasteiger partial charge in [-0.3, -0.25) is 4.79 Å². The van der Waals surface area contributed by atoms with Crippen molar-refractivity contribution in [3.8, 4) is 0 Å². The third-order valence-corrected chi connectivity index (χ3v) is 3.68. The first kappa shape index (κ1) is 13.7. The van der Waals surface area contributed by atoms with Gasteiger partial charge in [-0.2, -0.15) is 0 Å². The van der Waals surface area contributed by atoms with Crippen LogP contribution in [0.3, 0.4) is 0 Å². The van der Waals surface area contributed by atoms with E-state index in [0.29, 0.717) is 23.8 Å². The molecule has 0 heterocycles. The predicted octanol–water partition coefficient (Wildman–Crippen LogP) is 2.62. The van der Waals surface area contributed by atoms with Crippen LogP contribution in [0.25, 0.3) is 0 Å². The molecule has 0 radical (unpaired) electrons. The van der Waals surface area contributed by atoms with E-state index in [1.54, 1.807) is 12.1 Å². The summed E-state index contributed by atoms with van der Waals surface area (Å²) in [4.78, 5) is 12.0. The fourth-order valence-electron chi connectivity index (χ4n) is 2.69. The standard InChI is InChI=1S/C15H23N3O/c1-3-17-15(19)13-7-5-11(16)9-14(13)18-12-6-4-10(2)8-12/h5,7,9-10,12,18H,3-4,6,8,16H2,1-2H3,(H,17,19). The highest BCUT2D eigenvalue weighted by Gasteiger charge is 2.22. The van der Waals surface area contributed by atoms with Crippen LogP contribution in [0, 0.1) is 5.92 Å². The van der Waals surface area contributed by atoms with Crippen molar-refractivity contribution in [3.63, 3.8) is 0 Å². The van der Waals surface area contributed by atoms with Gasteiger partial charge in [0.05, 0.1) is 5.56 Å². The molecule has 0 spiro atoms. The maximum Gasteiger partial charge on any atom is 0.253 e. The lowest BCUT2D eigenvalue weighted by Crippen LogP contribution is -2.25. The van der Waals surface area contributed by atoms with Crippen molar-refractivity contribution < 1.29 is 4.79 Å². The van der Waals surface area contributed by atoms with E-state index < -0.39 is 0 Å². The number of amides is 1. The van der Waals surface area contributed by atoms with Crippen molar-refractivity contribution in [3.05, 3.63) is 23.8 Å². The van der Waals surface area contributed by atoms with Gasteiger partial charge in [-0.15, -0.1) is 0 Å². The van der Waals surface area contributed by atoms with Gasteiger partial charge in [0.15, 0.2) is 0 Å². The zero-order chi connectivity index (χ0) is 13.8. The molecule has 1 aromatic rings. The molecule has 4 heteroatoms.